The van der Waals surface area contributed by atoms with Crippen molar-refractivity contribution in [2.75, 3.05) is 0 Å². The summed E-state index contributed by atoms with van der Waals surface area (Å²) in [4.78, 5) is 166. The summed E-state index contributed by atoms with van der Waals surface area (Å²) in [6.07, 6.45) is -9.18. The van der Waals surface area contributed by atoms with Crippen LogP contribution in [0.25, 0.3) is 0 Å². The molecule has 24 heteroatoms. The highest BCUT2D eigenvalue weighted by molar-refractivity contribution is 5.95. The first-order chi connectivity index (χ1) is 37.3. The van der Waals surface area contributed by atoms with Gasteiger partial charge in [-0.05, 0) is 93.3 Å². The molecule has 462 valence electrons. The third-order valence-electron chi connectivity index (χ3n) is 12.8. The lowest BCUT2D eigenvalue weighted by Gasteiger charge is -2.30. The number of hydrogen-bond donors (Lipinski definition) is 6. The van der Waals surface area contributed by atoms with E-state index in [4.69, 9.17) is 28.4 Å². The summed E-state index contributed by atoms with van der Waals surface area (Å²) in [7, 11) is 0. The SMILES string of the molecule is CC(C)C[C@@H]1O[13C](=O)[C@H](C(C)C)NC(=O)[C@H](C(C)C)OC(=O)[C@@H]([13CH3])NC(=O)[C@@H](CC(C)C)O[13C](=O)[C@H](C(C)C)NC(=O)[C@H](C(C)C)OC(=O)[C@@H]([13CH3])NC(=O)[C@@H](CC(C)C)O[13C](=O)[C@H](C(C)C)NC(=O)[C@H](C(C)C)OC(=O)[C@@H]([13CH3])NC1=O. The molecule has 1 aliphatic rings. The first kappa shape index (κ1) is 72.7. The van der Waals surface area contributed by atoms with E-state index in [1.807, 2.05) is 0 Å². The fourth-order valence-electron chi connectivity index (χ4n) is 8.00. The van der Waals surface area contributed by atoms with Gasteiger partial charge in [-0.25, -0.2) is 28.8 Å². The maximum Gasteiger partial charge on any atom is 0.329 e. The molecular formula is C57H96N6O18. The Hall–Kier alpha value is -6.36. The van der Waals surface area contributed by atoms with Gasteiger partial charge in [0.05, 0.1) is 0 Å². The minimum Gasteiger partial charge on any atom is -0.451 e. The van der Waals surface area contributed by atoms with Crippen molar-refractivity contribution in [3.63, 3.8) is 0 Å². The van der Waals surface area contributed by atoms with Crippen LogP contribution < -0.4 is 31.9 Å². The first-order valence-corrected chi connectivity index (χ1v) is 28.4. The van der Waals surface area contributed by atoms with Crippen LogP contribution in [0.4, 0.5) is 0 Å². The molecule has 1 saturated heterocycles. The number of hydrogen-bond acceptors (Lipinski definition) is 18. The zero-order valence-electron chi connectivity index (χ0n) is 51.6. The molecule has 6 amide bonds. The van der Waals surface area contributed by atoms with Gasteiger partial charge in [0, 0.05) is 0 Å². The van der Waals surface area contributed by atoms with Crippen molar-refractivity contribution in [2.45, 2.75) is 238 Å². The van der Waals surface area contributed by atoms with Gasteiger partial charge in [-0.3, -0.25) is 28.8 Å². The van der Waals surface area contributed by atoms with Crippen LogP contribution in [0.2, 0.25) is 0 Å². The molecule has 0 aliphatic carbocycles. The van der Waals surface area contributed by atoms with E-state index < -0.39 is 180 Å². The summed E-state index contributed by atoms with van der Waals surface area (Å²) in [5, 5.41) is 15.2. The number of ether oxygens (including phenoxy) is 6. The van der Waals surface area contributed by atoms with Crippen LogP contribution in [0.15, 0.2) is 0 Å². The van der Waals surface area contributed by atoms with Crippen molar-refractivity contribution >= 4 is 71.3 Å². The van der Waals surface area contributed by atoms with E-state index >= 15 is 0 Å². The van der Waals surface area contributed by atoms with Gasteiger partial charge < -0.3 is 60.3 Å². The van der Waals surface area contributed by atoms with E-state index in [9.17, 15) is 57.5 Å². The van der Waals surface area contributed by atoms with Crippen molar-refractivity contribution in [1.29, 1.82) is 0 Å². The summed E-state index contributed by atoms with van der Waals surface area (Å²) in [6, 6.07) is -8.46. The average Bonchev–Trinajstić information content (AvgIpc) is 3.33. The molecule has 0 spiro atoms. The summed E-state index contributed by atoms with van der Waals surface area (Å²) < 4.78 is 34.1. The molecule has 12 atom stereocenters. The Kier molecular flexibility index (Phi) is 30.1. The number of carbonyl (C=O) groups excluding carboxylic acids is 12. The summed E-state index contributed by atoms with van der Waals surface area (Å²) in [5.74, 6) is -16.4. The molecule has 1 heterocycles. The van der Waals surface area contributed by atoms with E-state index in [-0.39, 0.29) is 37.0 Å². The molecule has 0 aromatic heterocycles. The molecule has 0 unspecified atom stereocenters. The Balaban J connectivity index is 3.93. The van der Waals surface area contributed by atoms with E-state index in [2.05, 4.69) is 31.9 Å². The van der Waals surface area contributed by atoms with Crippen molar-refractivity contribution in [1.82, 2.24) is 31.9 Å². The van der Waals surface area contributed by atoms with Crippen LogP contribution in [-0.2, 0) is 86.0 Å². The lowest BCUT2D eigenvalue weighted by Crippen LogP contribution is -2.55. The van der Waals surface area contributed by atoms with Gasteiger partial charge in [-0.15, -0.1) is 0 Å². The number of carbonyl (C=O) groups is 12. The molecule has 24 nitrogen and oxygen atoms in total. The van der Waals surface area contributed by atoms with Gasteiger partial charge in [0.15, 0.2) is 36.6 Å². The minimum atomic E-state index is -1.52. The van der Waals surface area contributed by atoms with Crippen LogP contribution in [-0.4, -0.2) is 144 Å². The van der Waals surface area contributed by atoms with Gasteiger partial charge in [0.2, 0.25) is 0 Å². The van der Waals surface area contributed by atoms with E-state index in [0.717, 1.165) is 0 Å². The van der Waals surface area contributed by atoms with Gasteiger partial charge in [0.1, 0.15) is 36.3 Å². The summed E-state index contributed by atoms with van der Waals surface area (Å²) in [6.45, 7) is 33.4. The molecule has 0 aromatic rings. The zero-order chi connectivity index (χ0) is 62.7. The van der Waals surface area contributed by atoms with Crippen molar-refractivity contribution in [2.24, 2.45) is 53.3 Å². The Bertz CT molecular complexity index is 1960. The normalized spacial score (nSPS) is 28.2. The number of cyclic esters (lactones) is 6. The maximum atomic E-state index is 13.9. The standard InChI is InChI=1S/C57H96N6O18/c1-25(2)22-37-46(64)58-34(19)52(70)79-44(32(15)16)50(68)62-41(29(9)10)56(74)77-39(24-27(5)6)48(66)60-36(21)54(72)81-45(33(17)18)51(69)63-42(30(11)12)57(75)78-38(23-26(3)4)47(65)59-35(20)53(71)80-43(31(13)14)49(67)61-40(28(7)8)55(73)76-37/h25-45H,22-24H2,1-21H3,(H,58,64)(H,59,65)(H,60,66)(H,61,67)(H,62,68)(H,63,69)/t34-,35-,36-,37-,38-,39+,40+,41+,42+,43+,44+,45+/m1/s1/i19+1,20+1,21+1,55+1,56+1,57+1. The van der Waals surface area contributed by atoms with E-state index in [1.165, 1.54) is 20.8 Å². The van der Waals surface area contributed by atoms with Crippen molar-refractivity contribution in [3.8, 4) is 0 Å². The van der Waals surface area contributed by atoms with Gasteiger partial charge in [-0.1, -0.05) is 125 Å². The topological polar surface area (TPSA) is 332 Å². The lowest BCUT2D eigenvalue weighted by molar-refractivity contribution is -0.167. The van der Waals surface area contributed by atoms with E-state index in [1.54, 1.807) is 125 Å². The molecule has 0 radical (unpaired) electrons. The molecule has 1 rings (SSSR count). The number of amides is 6. The lowest BCUT2D eigenvalue weighted by atomic mass is 10.0. The molecule has 1 fully saturated rings. The Labute approximate surface area is 478 Å². The van der Waals surface area contributed by atoms with Crippen LogP contribution in [0.1, 0.15) is 165 Å². The summed E-state index contributed by atoms with van der Waals surface area (Å²) in [5.41, 5.74) is 0. The molecule has 81 heavy (non-hydrogen) atoms. The third kappa shape index (κ3) is 23.9. The number of nitrogens with one attached hydrogen (secondary N) is 6. The minimum absolute atomic E-state index is 0.0340. The second-order valence-electron chi connectivity index (χ2n) is 24.4. The highest BCUT2D eigenvalue weighted by Crippen LogP contribution is 2.20. The van der Waals surface area contributed by atoms with Crippen LogP contribution in [0.3, 0.4) is 0 Å². The fourth-order valence-corrected chi connectivity index (χ4v) is 8.00. The Morgan fingerprint density at radius 2 is 0.469 bits per heavy atom. The third-order valence-corrected chi connectivity index (χ3v) is 12.8. The van der Waals surface area contributed by atoms with Gasteiger partial charge in [0.25, 0.3) is 35.4 Å². The molecule has 6 N–H and O–H groups in total. The molecule has 1 aliphatic heterocycles. The Morgan fingerprint density at radius 3 is 0.630 bits per heavy atom. The van der Waals surface area contributed by atoms with Crippen LogP contribution in [0, 0.1) is 53.3 Å². The first-order valence-electron chi connectivity index (χ1n) is 28.4. The highest BCUT2D eigenvalue weighted by atomic mass is 16.6. The smallest absolute Gasteiger partial charge is 0.329 e. The van der Waals surface area contributed by atoms with Crippen LogP contribution in [0.5, 0.6) is 0 Å². The molecular weight excluding hydrogens is 1060 g/mol. The molecule has 0 saturated carbocycles. The van der Waals surface area contributed by atoms with Gasteiger partial charge >= 0.3 is 35.8 Å². The Morgan fingerprint density at radius 1 is 0.272 bits per heavy atom. The quantitative estimate of drug-likeness (QED) is 0.0925. The highest BCUT2D eigenvalue weighted by Gasteiger charge is 2.41. The predicted molar refractivity (Wildman–Crippen MR) is 295 cm³/mol. The number of rotatable bonds is 12. The summed E-state index contributed by atoms with van der Waals surface area (Å²) >= 11 is 0. The monoisotopic (exact) mass is 1160 g/mol. The van der Waals surface area contributed by atoms with Gasteiger partial charge in [-0.2, -0.15) is 0 Å². The predicted octanol–water partition coefficient (Wildman–Crippen LogP) is 3.51. The van der Waals surface area contributed by atoms with E-state index in [0.29, 0.717) is 0 Å². The van der Waals surface area contributed by atoms with Crippen molar-refractivity contribution in [3.05, 3.63) is 0 Å². The zero-order valence-corrected chi connectivity index (χ0v) is 51.6. The fraction of sp³-hybridized carbons (Fsp3) is 0.789. The second kappa shape index (κ2) is 33.5. The molecule has 0 aromatic carbocycles. The molecule has 0 bridgehead atoms. The average molecular weight is 1160 g/mol. The van der Waals surface area contributed by atoms with Crippen molar-refractivity contribution < 1.29 is 86.0 Å². The number of esters is 6. The van der Waals surface area contributed by atoms with Crippen LogP contribution >= 0.6 is 0 Å². The maximum absolute atomic E-state index is 13.9. The second-order valence-corrected chi connectivity index (χ2v) is 24.4. The largest absolute Gasteiger partial charge is 0.451 e.